The maximum Gasteiger partial charge on any atom is 0.246 e. The number of para-hydroxylation sites is 1. The Morgan fingerprint density at radius 3 is 2.71 bits per heavy atom. The summed E-state index contributed by atoms with van der Waals surface area (Å²) in [6, 6.07) is 18.0. The summed E-state index contributed by atoms with van der Waals surface area (Å²) in [7, 11) is 1.82. The first-order valence-electron chi connectivity index (χ1n) is 7.96. The van der Waals surface area contributed by atoms with E-state index in [1.54, 1.807) is 17.2 Å². The summed E-state index contributed by atoms with van der Waals surface area (Å²) < 4.78 is 0. The molecule has 2 aromatic carbocycles. The quantitative estimate of drug-likeness (QED) is 0.675. The van der Waals surface area contributed by atoms with Crippen LogP contribution in [-0.4, -0.2) is 22.8 Å². The molecule has 0 atom stereocenters. The Bertz CT molecular complexity index is 894. The van der Waals surface area contributed by atoms with Gasteiger partial charge in [-0.15, -0.1) is 0 Å². The van der Waals surface area contributed by atoms with Crippen LogP contribution in [0.1, 0.15) is 16.7 Å². The topological polar surface area (TPSA) is 33.2 Å². The highest BCUT2D eigenvalue weighted by molar-refractivity contribution is 5.95. The highest BCUT2D eigenvalue weighted by Crippen LogP contribution is 2.17. The number of carbonyl (C=O) groups is 1. The minimum absolute atomic E-state index is 0.0220. The van der Waals surface area contributed by atoms with E-state index in [0.29, 0.717) is 6.54 Å². The molecule has 3 nitrogen and oxygen atoms in total. The Balaban J connectivity index is 1.76. The lowest BCUT2D eigenvalue weighted by molar-refractivity contribution is -0.125. The Morgan fingerprint density at radius 1 is 1.08 bits per heavy atom. The molecule has 3 aromatic rings. The zero-order valence-corrected chi connectivity index (χ0v) is 13.9. The maximum absolute atomic E-state index is 12.4. The summed E-state index contributed by atoms with van der Waals surface area (Å²) >= 11 is 0. The van der Waals surface area contributed by atoms with Crippen molar-refractivity contribution in [3.63, 3.8) is 0 Å². The molecule has 120 valence electrons. The lowest BCUT2D eigenvalue weighted by Gasteiger charge is -2.16. The molecule has 0 unspecified atom stereocenters. The van der Waals surface area contributed by atoms with E-state index in [9.17, 15) is 4.79 Å². The zero-order chi connectivity index (χ0) is 16.9. The number of nitrogens with zero attached hydrogens (tertiary/aromatic N) is 2. The van der Waals surface area contributed by atoms with Gasteiger partial charge >= 0.3 is 0 Å². The van der Waals surface area contributed by atoms with Crippen LogP contribution in [0.5, 0.6) is 0 Å². The number of fused-ring (bicyclic) bond motifs is 1. The number of amides is 1. The smallest absolute Gasteiger partial charge is 0.246 e. The summed E-state index contributed by atoms with van der Waals surface area (Å²) in [6.07, 6.45) is 5.22. The van der Waals surface area contributed by atoms with Gasteiger partial charge in [0.05, 0.1) is 5.52 Å². The van der Waals surface area contributed by atoms with Crippen molar-refractivity contribution in [1.29, 1.82) is 0 Å². The lowest BCUT2D eigenvalue weighted by Crippen LogP contribution is -2.24. The summed E-state index contributed by atoms with van der Waals surface area (Å²) in [5, 5.41) is 1.07. The molecule has 0 bridgehead atoms. The predicted octanol–water partition coefficient (Wildman–Crippen LogP) is 4.22. The van der Waals surface area contributed by atoms with Gasteiger partial charge in [0.15, 0.2) is 0 Å². The van der Waals surface area contributed by atoms with E-state index < -0.39 is 0 Å². The first-order chi connectivity index (χ1) is 11.6. The van der Waals surface area contributed by atoms with Crippen LogP contribution in [0.2, 0.25) is 0 Å². The monoisotopic (exact) mass is 316 g/mol. The van der Waals surface area contributed by atoms with Crippen molar-refractivity contribution in [3.8, 4) is 0 Å². The molecule has 0 fully saturated rings. The molecule has 0 aliphatic heterocycles. The third-order valence-corrected chi connectivity index (χ3v) is 4.11. The molecule has 0 N–H and O–H groups in total. The van der Waals surface area contributed by atoms with E-state index in [-0.39, 0.29) is 5.91 Å². The number of pyridine rings is 1. The van der Waals surface area contributed by atoms with Crippen molar-refractivity contribution in [2.24, 2.45) is 0 Å². The number of likely N-dealkylation sites (N-methyl/N-ethyl adjacent to an activating group) is 1. The van der Waals surface area contributed by atoms with E-state index in [0.717, 1.165) is 22.0 Å². The summed E-state index contributed by atoms with van der Waals surface area (Å²) in [5.41, 5.74) is 4.21. The van der Waals surface area contributed by atoms with Crippen LogP contribution in [0.4, 0.5) is 0 Å². The van der Waals surface area contributed by atoms with Crippen LogP contribution in [0.25, 0.3) is 17.0 Å². The van der Waals surface area contributed by atoms with E-state index >= 15 is 0 Å². The number of hydrogen-bond acceptors (Lipinski definition) is 2. The molecule has 0 saturated carbocycles. The Labute approximate surface area is 142 Å². The predicted molar refractivity (Wildman–Crippen MR) is 98.4 cm³/mol. The van der Waals surface area contributed by atoms with Gasteiger partial charge in [0, 0.05) is 36.8 Å². The van der Waals surface area contributed by atoms with Crippen LogP contribution >= 0.6 is 0 Å². The van der Waals surface area contributed by atoms with Crippen molar-refractivity contribution < 1.29 is 4.79 Å². The molecule has 3 heteroatoms. The third-order valence-electron chi connectivity index (χ3n) is 4.11. The van der Waals surface area contributed by atoms with Crippen molar-refractivity contribution >= 4 is 22.9 Å². The first-order valence-corrected chi connectivity index (χ1v) is 7.96. The van der Waals surface area contributed by atoms with Gasteiger partial charge in [0.1, 0.15) is 0 Å². The third kappa shape index (κ3) is 3.51. The highest BCUT2D eigenvalue weighted by atomic mass is 16.2. The minimum Gasteiger partial charge on any atom is -0.338 e. The van der Waals surface area contributed by atoms with Gasteiger partial charge in [-0.1, -0.05) is 48.5 Å². The van der Waals surface area contributed by atoms with Gasteiger partial charge in [-0.2, -0.15) is 0 Å². The van der Waals surface area contributed by atoms with Gasteiger partial charge in [0.25, 0.3) is 0 Å². The molecule has 3 rings (SSSR count). The standard InChI is InChI=1S/C21H20N2O/c1-16-7-3-4-8-19(16)15-23(2)20(24)13-12-18-10-5-9-17-11-6-14-22-21(17)18/h3-14H,15H2,1-2H3/b13-12+. The normalized spacial score (nSPS) is 11.1. The van der Waals surface area contributed by atoms with Crippen LogP contribution in [0.15, 0.2) is 66.9 Å². The molecule has 0 saturated heterocycles. The van der Waals surface area contributed by atoms with Crippen LogP contribution in [0.3, 0.4) is 0 Å². The number of hydrogen-bond donors (Lipinski definition) is 0. The molecule has 0 aliphatic carbocycles. The number of carbonyl (C=O) groups excluding carboxylic acids is 1. The minimum atomic E-state index is -0.0220. The summed E-state index contributed by atoms with van der Waals surface area (Å²) in [5.74, 6) is -0.0220. The number of benzene rings is 2. The molecule has 24 heavy (non-hydrogen) atoms. The lowest BCUT2D eigenvalue weighted by atomic mass is 10.1. The Morgan fingerprint density at radius 2 is 1.88 bits per heavy atom. The maximum atomic E-state index is 12.4. The fraction of sp³-hybridized carbons (Fsp3) is 0.143. The molecule has 0 spiro atoms. The van der Waals surface area contributed by atoms with E-state index in [1.165, 1.54) is 5.56 Å². The average molecular weight is 316 g/mol. The first kappa shape index (κ1) is 15.9. The summed E-state index contributed by atoms with van der Waals surface area (Å²) in [4.78, 5) is 18.5. The van der Waals surface area contributed by atoms with E-state index in [2.05, 4.69) is 24.0 Å². The molecule has 1 heterocycles. The second kappa shape index (κ2) is 7.09. The molecule has 1 aromatic heterocycles. The van der Waals surface area contributed by atoms with Gasteiger partial charge < -0.3 is 4.90 Å². The fourth-order valence-electron chi connectivity index (χ4n) is 2.67. The van der Waals surface area contributed by atoms with E-state index in [1.807, 2.05) is 55.6 Å². The van der Waals surface area contributed by atoms with E-state index in [4.69, 9.17) is 0 Å². The Kier molecular flexibility index (Phi) is 4.71. The number of aromatic nitrogens is 1. The molecular formula is C21H20N2O. The van der Waals surface area contributed by atoms with Crippen LogP contribution < -0.4 is 0 Å². The van der Waals surface area contributed by atoms with Gasteiger partial charge in [0.2, 0.25) is 5.91 Å². The van der Waals surface area contributed by atoms with Gasteiger partial charge in [-0.25, -0.2) is 0 Å². The zero-order valence-electron chi connectivity index (χ0n) is 13.9. The largest absolute Gasteiger partial charge is 0.338 e. The van der Waals surface area contributed by atoms with Gasteiger partial charge in [-0.05, 0) is 30.2 Å². The molecule has 0 radical (unpaired) electrons. The highest BCUT2D eigenvalue weighted by Gasteiger charge is 2.07. The second-order valence-corrected chi connectivity index (χ2v) is 5.88. The SMILES string of the molecule is Cc1ccccc1CN(C)C(=O)/C=C/c1cccc2cccnc12. The van der Waals surface area contributed by atoms with Crippen molar-refractivity contribution in [2.75, 3.05) is 7.05 Å². The number of rotatable bonds is 4. The Hall–Kier alpha value is -2.94. The molecular weight excluding hydrogens is 296 g/mol. The van der Waals surface area contributed by atoms with Gasteiger partial charge in [-0.3, -0.25) is 9.78 Å². The average Bonchev–Trinajstić information content (AvgIpc) is 2.61. The van der Waals surface area contributed by atoms with Crippen molar-refractivity contribution in [3.05, 3.63) is 83.6 Å². The van der Waals surface area contributed by atoms with Crippen LogP contribution in [-0.2, 0) is 11.3 Å². The second-order valence-electron chi connectivity index (χ2n) is 5.88. The fourth-order valence-corrected chi connectivity index (χ4v) is 2.67. The van der Waals surface area contributed by atoms with Crippen LogP contribution in [0, 0.1) is 6.92 Å². The molecule has 1 amide bonds. The summed E-state index contributed by atoms with van der Waals surface area (Å²) in [6.45, 7) is 2.66. The van der Waals surface area contributed by atoms with Crippen molar-refractivity contribution in [2.45, 2.75) is 13.5 Å². The molecule has 0 aliphatic rings. The number of aryl methyl sites for hydroxylation is 1. The van der Waals surface area contributed by atoms with Crippen molar-refractivity contribution in [1.82, 2.24) is 9.88 Å².